The Kier molecular flexibility index (Phi) is 4.23. The summed E-state index contributed by atoms with van der Waals surface area (Å²) in [7, 11) is 0. The van der Waals surface area contributed by atoms with Crippen LogP contribution in [0.2, 0.25) is 0 Å². The number of nitrogens with one attached hydrogen (secondary N) is 1. The summed E-state index contributed by atoms with van der Waals surface area (Å²) in [6.07, 6.45) is 2.45. The van der Waals surface area contributed by atoms with Gasteiger partial charge < -0.3 is 14.8 Å². The lowest BCUT2D eigenvalue weighted by atomic mass is 10.1. The molecule has 1 aromatic carbocycles. The Bertz CT molecular complexity index is 534. The Hall–Kier alpha value is -2.23. The topological polar surface area (TPSA) is 62.5 Å². The van der Waals surface area contributed by atoms with Crippen molar-refractivity contribution < 1.29 is 14.3 Å². The summed E-state index contributed by atoms with van der Waals surface area (Å²) in [6, 6.07) is 10.5. The van der Waals surface area contributed by atoms with Gasteiger partial charge in [0.2, 0.25) is 5.91 Å². The lowest BCUT2D eigenvalue weighted by Gasteiger charge is -2.13. The molecular weight excluding hydrogens is 242 g/mol. The van der Waals surface area contributed by atoms with Crippen LogP contribution in [0.3, 0.4) is 0 Å². The number of aromatic hydroxyl groups is 1. The maximum absolute atomic E-state index is 11.9. The highest BCUT2D eigenvalue weighted by molar-refractivity contribution is 5.79. The Morgan fingerprint density at radius 3 is 2.79 bits per heavy atom. The minimum atomic E-state index is -0.111. The quantitative estimate of drug-likeness (QED) is 0.866. The van der Waals surface area contributed by atoms with Crippen molar-refractivity contribution in [3.05, 3.63) is 54.0 Å². The number of carbonyl (C=O) groups excluding carboxylic acids is 1. The second-order valence-electron chi connectivity index (χ2n) is 4.56. The van der Waals surface area contributed by atoms with Crippen molar-refractivity contribution in [3.63, 3.8) is 0 Å². The van der Waals surface area contributed by atoms with E-state index in [2.05, 4.69) is 5.32 Å². The van der Waals surface area contributed by atoms with Crippen molar-refractivity contribution >= 4 is 5.91 Å². The number of carbonyl (C=O) groups is 1. The molecule has 4 heteroatoms. The van der Waals surface area contributed by atoms with Crippen LogP contribution in [0, 0.1) is 0 Å². The highest BCUT2D eigenvalue weighted by Crippen LogP contribution is 2.16. The van der Waals surface area contributed by atoms with Gasteiger partial charge in [-0.2, -0.15) is 0 Å². The van der Waals surface area contributed by atoms with Crippen molar-refractivity contribution in [3.8, 4) is 5.75 Å². The molecule has 1 heterocycles. The maximum Gasteiger partial charge on any atom is 0.224 e. The zero-order chi connectivity index (χ0) is 13.7. The maximum atomic E-state index is 11.9. The Balaban J connectivity index is 1.86. The van der Waals surface area contributed by atoms with Gasteiger partial charge in [0.25, 0.3) is 0 Å². The average Bonchev–Trinajstić information content (AvgIpc) is 2.84. The zero-order valence-electron chi connectivity index (χ0n) is 10.8. The summed E-state index contributed by atoms with van der Waals surface area (Å²) in [5.41, 5.74) is 0.630. The third kappa shape index (κ3) is 3.88. The molecule has 1 aromatic heterocycles. The fourth-order valence-electron chi connectivity index (χ4n) is 1.94. The van der Waals surface area contributed by atoms with Crippen LogP contribution in [-0.2, 0) is 17.6 Å². The van der Waals surface area contributed by atoms with Gasteiger partial charge in [0.1, 0.15) is 11.5 Å². The largest absolute Gasteiger partial charge is 0.508 e. The van der Waals surface area contributed by atoms with Gasteiger partial charge in [-0.3, -0.25) is 4.79 Å². The van der Waals surface area contributed by atoms with Gasteiger partial charge in [-0.15, -0.1) is 0 Å². The summed E-state index contributed by atoms with van der Waals surface area (Å²) in [4.78, 5) is 11.9. The van der Waals surface area contributed by atoms with Crippen LogP contribution < -0.4 is 5.32 Å². The highest BCUT2D eigenvalue weighted by atomic mass is 16.3. The van der Waals surface area contributed by atoms with E-state index in [1.54, 1.807) is 30.5 Å². The molecule has 2 N–H and O–H groups in total. The second kappa shape index (κ2) is 6.09. The van der Waals surface area contributed by atoms with E-state index in [4.69, 9.17) is 4.42 Å². The molecule has 0 radical (unpaired) electrons. The summed E-state index contributed by atoms with van der Waals surface area (Å²) in [5, 5.41) is 12.5. The molecule has 0 aliphatic carbocycles. The minimum Gasteiger partial charge on any atom is -0.508 e. The SMILES string of the molecule is CC(Cc1ccco1)NC(=O)Cc1ccccc1O. The lowest BCUT2D eigenvalue weighted by molar-refractivity contribution is -0.121. The van der Waals surface area contributed by atoms with Crippen molar-refractivity contribution in [1.29, 1.82) is 0 Å². The van der Waals surface area contributed by atoms with Crippen molar-refractivity contribution in [2.45, 2.75) is 25.8 Å². The number of hydrogen-bond donors (Lipinski definition) is 2. The van der Waals surface area contributed by atoms with E-state index in [0.717, 1.165) is 5.76 Å². The third-order valence-corrected chi connectivity index (χ3v) is 2.84. The lowest BCUT2D eigenvalue weighted by Crippen LogP contribution is -2.35. The number of benzene rings is 1. The van der Waals surface area contributed by atoms with Gasteiger partial charge >= 0.3 is 0 Å². The van der Waals surface area contributed by atoms with E-state index in [-0.39, 0.29) is 24.1 Å². The smallest absolute Gasteiger partial charge is 0.224 e. The fraction of sp³-hybridized carbons (Fsp3) is 0.267. The molecule has 2 rings (SSSR count). The van der Waals surface area contributed by atoms with Crippen LogP contribution in [0.15, 0.2) is 47.1 Å². The molecule has 1 unspecified atom stereocenters. The van der Waals surface area contributed by atoms with Crippen LogP contribution >= 0.6 is 0 Å². The van der Waals surface area contributed by atoms with Gasteiger partial charge in [-0.25, -0.2) is 0 Å². The summed E-state index contributed by atoms with van der Waals surface area (Å²) < 4.78 is 5.23. The molecule has 0 spiro atoms. The van der Waals surface area contributed by atoms with Gasteiger partial charge in [0.15, 0.2) is 0 Å². The number of phenolic OH excluding ortho intramolecular Hbond substituents is 1. The molecule has 0 aliphatic heterocycles. The number of amides is 1. The number of rotatable bonds is 5. The van der Waals surface area contributed by atoms with E-state index in [9.17, 15) is 9.90 Å². The van der Waals surface area contributed by atoms with E-state index < -0.39 is 0 Å². The number of para-hydroxylation sites is 1. The molecule has 0 aliphatic rings. The molecule has 0 fully saturated rings. The normalized spacial score (nSPS) is 12.1. The van der Waals surface area contributed by atoms with E-state index in [1.807, 2.05) is 19.1 Å². The van der Waals surface area contributed by atoms with E-state index >= 15 is 0 Å². The predicted octanol–water partition coefficient (Wildman–Crippen LogP) is 2.28. The van der Waals surface area contributed by atoms with E-state index in [1.165, 1.54) is 0 Å². The predicted molar refractivity (Wildman–Crippen MR) is 71.8 cm³/mol. The van der Waals surface area contributed by atoms with Gasteiger partial charge in [-0.1, -0.05) is 18.2 Å². The Morgan fingerprint density at radius 2 is 2.11 bits per heavy atom. The molecule has 0 saturated heterocycles. The minimum absolute atomic E-state index is 0.00972. The van der Waals surface area contributed by atoms with Gasteiger partial charge in [0, 0.05) is 18.0 Å². The van der Waals surface area contributed by atoms with Crippen LogP contribution in [0.5, 0.6) is 5.75 Å². The van der Waals surface area contributed by atoms with Crippen LogP contribution in [0.4, 0.5) is 0 Å². The standard InChI is InChI=1S/C15H17NO3/c1-11(9-13-6-4-8-19-13)16-15(18)10-12-5-2-3-7-14(12)17/h2-8,11,17H,9-10H2,1H3,(H,16,18). The number of phenols is 1. The first-order valence-electron chi connectivity index (χ1n) is 6.24. The third-order valence-electron chi connectivity index (χ3n) is 2.84. The number of furan rings is 1. The molecule has 100 valence electrons. The van der Waals surface area contributed by atoms with Crippen LogP contribution in [-0.4, -0.2) is 17.1 Å². The summed E-state index contributed by atoms with van der Waals surface area (Å²) in [6.45, 7) is 1.92. The highest BCUT2D eigenvalue weighted by Gasteiger charge is 2.11. The van der Waals surface area contributed by atoms with Gasteiger partial charge in [-0.05, 0) is 25.1 Å². The first kappa shape index (κ1) is 13.2. The number of hydrogen-bond acceptors (Lipinski definition) is 3. The second-order valence-corrected chi connectivity index (χ2v) is 4.56. The van der Waals surface area contributed by atoms with Crippen molar-refractivity contribution in [2.75, 3.05) is 0 Å². The zero-order valence-corrected chi connectivity index (χ0v) is 10.8. The van der Waals surface area contributed by atoms with Crippen LogP contribution in [0.1, 0.15) is 18.2 Å². The molecular formula is C15H17NO3. The van der Waals surface area contributed by atoms with Crippen LogP contribution in [0.25, 0.3) is 0 Å². The fourth-order valence-corrected chi connectivity index (χ4v) is 1.94. The van der Waals surface area contributed by atoms with Crippen molar-refractivity contribution in [2.24, 2.45) is 0 Å². The Labute approximate surface area is 112 Å². The molecule has 2 aromatic rings. The first-order valence-corrected chi connectivity index (χ1v) is 6.24. The van der Waals surface area contributed by atoms with E-state index in [0.29, 0.717) is 12.0 Å². The molecule has 0 bridgehead atoms. The molecule has 4 nitrogen and oxygen atoms in total. The molecule has 0 saturated carbocycles. The molecule has 19 heavy (non-hydrogen) atoms. The summed E-state index contributed by atoms with van der Waals surface area (Å²) >= 11 is 0. The monoisotopic (exact) mass is 259 g/mol. The average molecular weight is 259 g/mol. The molecule has 1 amide bonds. The first-order chi connectivity index (χ1) is 9.15. The van der Waals surface area contributed by atoms with Gasteiger partial charge in [0.05, 0.1) is 12.7 Å². The van der Waals surface area contributed by atoms with Crippen molar-refractivity contribution in [1.82, 2.24) is 5.32 Å². The summed E-state index contributed by atoms with van der Waals surface area (Å²) in [5.74, 6) is 0.882. The molecule has 1 atom stereocenters. The Morgan fingerprint density at radius 1 is 1.32 bits per heavy atom.